The Labute approximate surface area is 214 Å². The molecule has 0 spiro atoms. The van der Waals surface area contributed by atoms with Gasteiger partial charge < -0.3 is 19.0 Å². The zero-order valence-corrected chi connectivity index (χ0v) is 21.0. The Balaban J connectivity index is 1.56. The standard InChI is InChI=1S/C29H27ClN2O4/c1-31(2)14-7-15-32-26(20-10-6-11-22(16-20)35-18-19-8-4-3-5-9-19)25-27(33)23-17-21(30)12-13-24(23)36-28(25)29(32)34/h3-6,8-13,16-17,26H,7,14-15,18H2,1-2H3. The lowest BCUT2D eigenvalue weighted by Gasteiger charge is -2.26. The first kappa shape index (κ1) is 24.1. The minimum atomic E-state index is -0.574. The number of nitrogens with zero attached hydrogens (tertiary/aromatic N) is 2. The quantitative estimate of drug-likeness (QED) is 0.317. The van der Waals surface area contributed by atoms with Gasteiger partial charge in [0.1, 0.15) is 17.9 Å². The average molecular weight is 503 g/mol. The van der Waals surface area contributed by atoms with Gasteiger partial charge in [0.15, 0.2) is 5.43 Å². The van der Waals surface area contributed by atoms with Crippen molar-refractivity contribution in [1.29, 1.82) is 0 Å². The number of halogens is 1. The highest BCUT2D eigenvalue weighted by Crippen LogP contribution is 2.39. The lowest BCUT2D eigenvalue weighted by Crippen LogP contribution is -2.32. The van der Waals surface area contributed by atoms with E-state index in [9.17, 15) is 9.59 Å². The maximum absolute atomic E-state index is 13.7. The van der Waals surface area contributed by atoms with Crippen LogP contribution in [0.3, 0.4) is 0 Å². The van der Waals surface area contributed by atoms with E-state index in [1.807, 2.05) is 68.7 Å². The smallest absolute Gasteiger partial charge is 0.290 e. The second-order valence-electron chi connectivity index (χ2n) is 9.22. The van der Waals surface area contributed by atoms with Gasteiger partial charge >= 0.3 is 0 Å². The van der Waals surface area contributed by atoms with Gasteiger partial charge in [0.25, 0.3) is 5.91 Å². The third-order valence-corrected chi connectivity index (χ3v) is 6.59. The topological polar surface area (TPSA) is 63.0 Å². The predicted octanol–water partition coefficient (Wildman–Crippen LogP) is 5.52. The molecule has 1 amide bonds. The molecular weight excluding hydrogens is 476 g/mol. The van der Waals surface area contributed by atoms with E-state index >= 15 is 0 Å². The largest absolute Gasteiger partial charge is 0.489 e. The molecule has 184 valence electrons. The molecule has 2 heterocycles. The third-order valence-electron chi connectivity index (χ3n) is 6.35. The molecule has 1 aliphatic heterocycles. The van der Waals surface area contributed by atoms with Crippen molar-refractivity contribution in [3.05, 3.63) is 110 Å². The van der Waals surface area contributed by atoms with E-state index in [2.05, 4.69) is 4.90 Å². The highest BCUT2D eigenvalue weighted by Gasteiger charge is 2.42. The Morgan fingerprint density at radius 2 is 1.81 bits per heavy atom. The van der Waals surface area contributed by atoms with Crippen molar-refractivity contribution in [2.45, 2.75) is 19.1 Å². The lowest BCUT2D eigenvalue weighted by molar-refractivity contribution is 0.0722. The first-order valence-corrected chi connectivity index (χ1v) is 12.3. The summed E-state index contributed by atoms with van der Waals surface area (Å²) < 4.78 is 12.0. The fraction of sp³-hybridized carbons (Fsp3) is 0.241. The van der Waals surface area contributed by atoms with Crippen LogP contribution in [0.2, 0.25) is 5.02 Å². The number of rotatable bonds is 8. The maximum Gasteiger partial charge on any atom is 0.290 e. The van der Waals surface area contributed by atoms with E-state index in [-0.39, 0.29) is 17.1 Å². The van der Waals surface area contributed by atoms with Crippen LogP contribution in [0.5, 0.6) is 5.75 Å². The molecule has 36 heavy (non-hydrogen) atoms. The van der Waals surface area contributed by atoms with Gasteiger partial charge in [-0.3, -0.25) is 9.59 Å². The summed E-state index contributed by atoms with van der Waals surface area (Å²) in [6, 6.07) is 21.8. The van der Waals surface area contributed by atoms with Crippen LogP contribution in [0.4, 0.5) is 0 Å². The summed E-state index contributed by atoms with van der Waals surface area (Å²) in [5.74, 6) is 0.484. The lowest BCUT2D eigenvalue weighted by atomic mass is 9.98. The van der Waals surface area contributed by atoms with Gasteiger partial charge in [0.2, 0.25) is 5.76 Å². The molecule has 0 saturated heterocycles. The fourth-order valence-corrected chi connectivity index (χ4v) is 4.81. The monoisotopic (exact) mass is 502 g/mol. The normalized spacial score (nSPS) is 15.1. The SMILES string of the molecule is CN(C)CCCN1C(=O)c2oc3ccc(Cl)cc3c(=O)c2C1c1cccc(OCc2ccccc2)c1. The van der Waals surface area contributed by atoms with Crippen LogP contribution in [0.1, 0.15) is 39.7 Å². The van der Waals surface area contributed by atoms with Crippen LogP contribution in [0.15, 0.2) is 82.0 Å². The average Bonchev–Trinajstić information content (AvgIpc) is 3.15. The van der Waals surface area contributed by atoms with Gasteiger partial charge in [-0.05, 0) is 68.5 Å². The molecule has 7 heteroatoms. The zero-order chi connectivity index (χ0) is 25.2. The van der Waals surface area contributed by atoms with E-state index in [1.165, 1.54) is 0 Å². The molecule has 1 aromatic heterocycles. The van der Waals surface area contributed by atoms with Crippen molar-refractivity contribution in [3.63, 3.8) is 0 Å². The van der Waals surface area contributed by atoms with Gasteiger partial charge in [0, 0.05) is 11.6 Å². The minimum absolute atomic E-state index is 0.0975. The molecule has 0 N–H and O–H groups in total. The Hall–Kier alpha value is -3.61. The number of ether oxygens (including phenoxy) is 1. The van der Waals surface area contributed by atoms with Crippen LogP contribution in [-0.2, 0) is 6.61 Å². The molecule has 1 atom stereocenters. The minimum Gasteiger partial charge on any atom is -0.489 e. The molecule has 0 saturated carbocycles. The summed E-state index contributed by atoms with van der Waals surface area (Å²) in [6.07, 6.45) is 0.757. The molecule has 5 rings (SSSR count). The van der Waals surface area contributed by atoms with Gasteiger partial charge in [-0.25, -0.2) is 0 Å². The molecule has 0 aliphatic carbocycles. The molecule has 0 bridgehead atoms. The Morgan fingerprint density at radius 3 is 2.58 bits per heavy atom. The van der Waals surface area contributed by atoms with Crippen LogP contribution in [0.25, 0.3) is 11.0 Å². The third kappa shape index (κ3) is 4.74. The van der Waals surface area contributed by atoms with Crippen molar-refractivity contribution in [3.8, 4) is 5.75 Å². The van der Waals surface area contributed by atoms with Gasteiger partial charge in [-0.15, -0.1) is 0 Å². The van der Waals surface area contributed by atoms with Crippen LogP contribution in [0, 0.1) is 0 Å². The number of carbonyl (C=O) groups is 1. The van der Waals surface area contributed by atoms with E-state index in [0.29, 0.717) is 40.5 Å². The van der Waals surface area contributed by atoms with E-state index in [4.69, 9.17) is 20.8 Å². The van der Waals surface area contributed by atoms with Crippen molar-refractivity contribution in [2.24, 2.45) is 0 Å². The summed E-state index contributed by atoms with van der Waals surface area (Å²) in [5, 5.41) is 0.806. The number of fused-ring (bicyclic) bond motifs is 2. The van der Waals surface area contributed by atoms with Crippen LogP contribution < -0.4 is 10.2 Å². The summed E-state index contributed by atoms with van der Waals surface area (Å²) in [7, 11) is 3.99. The summed E-state index contributed by atoms with van der Waals surface area (Å²) in [5.41, 5.74) is 2.31. The molecule has 0 radical (unpaired) electrons. The van der Waals surface area contributed by atoms with Crippen molar-refractivity contribution < 1.29 is 13.9 Å². The summed E-state index contributed by atoms with van der Waals surface area (Å²) in [4.78, 5) is 31.0. The second-order valence-corrected chi connectivity index (χ2v) is 9.66. The molecule has 1 unspecified atom stereocenters. The van der Waals surface area contributed by atoms with Crippen molar-refractivity contribution in [1.82, 2.24) is 9.80 Å². The molecule has 0 fully saturated rings. The van der Waals surface area contributed by atoms with Gasteiger partial charge in [-0.1, -0.05) is 54.1 Å². The Bertz CT molecular complexity index is 1470. The predicted molar refractivity (Wildman–Crippen MR) is 141 cm³/mol. The number of hydrogen-bond donors (Lipinski definition) is 0. The Kier molecular flexibility index (Phi) is 6.81. The Morgan fingerprint density at radius 1 is 1.00 bits per heavy atom. The van der Waals surface area contributed by atoms with Gasteiger partial charge in [-0.2, -0.15) is 0 Å². The second kappa shape index (κ2) is 10.2. The highest BCUT2D eigenvalue weighted by atomic mass is 35.5. The maximum atomic E-state index is 13.7. The fourth-order valence-electron chi connectivity index (χ4n) is 4.64. The van der Waals surface area contributed by atoms with E-state index in [1.54, 1.807) is 23.1 Å². The van der Waals surface area contributed by atoms with Crippen LogP contribution in [-0.4, -0.2) is 42.9 Å². The van der Waals surface area contributed by atoms with Gasteiger partial charge in [0.05, 0.1) is 17.0 Å². The molecular formula is C29H27ClN2O4. The summed E-state index contributed by atoms with van der Waals surface area (Å²) >= 11 is 6.18. The summed E-state index contributed by atoms with van der Waals surface area (Å²) in [6.45, 7) is 1.71. The molecule has 3 aromatic carbocycles. The van der Waals surface area contributed by atoms with E-state index < -0.39 is 6.04 Å². The number of benzene rings is 3. The first-order valence-electron chi connectivity index (χ1n) is 11.9. The first-order chi connectivity index (χ1) is 17.4. The zero-order valence-electron chi connectivity index (χ0n) is 20.2. The number of amides is 1. The van der Waals surface area contributed by atoms with Crippen molar-refractivity contribution >= 4 is 28.5 Å². The molecule has 4 aromatic rings. The highest BCUT2D eigenvalue weighted by molar-refractivity contribution is 6.31. The molecule has 6 nitrogen and oxygen atoms in total. The number of carbonyl (C=O) groups excluding carboxylic acids is 1. The van der Waals surface area contributed by atoms with Crippen molar-refractivity contribution in [2.75, 3.05) is 27.2 Å². The van der Waals surface area contributed by atoms with E-state index in [0.717, 1.165) is 24.1 Å². The number of hydrogen-bond acceptors (Lipinski definition) is 5. The van der Waals surface area contributed by atoms with Crippen LogP contribution >= 0.6 is 11.6 Å². The molecule has 1 aliphatic rings.